The van der Waals surface area contributed by atoms with Crippen LogP contribution in [0.3, 0.4) is 0 Å². The summed E-state index contributed by atoms with van der Waals surface area (Å²) in [5.74, 6) is 2.42. The summed E-state index contributed by atoms with van der Waals surface area (Å²) < 4.78 is 15.9. The summed E-state index contributed by atoms with van der Waals surface area (Å²) in [6.45, 7) is 0. The topological polar surface area (TPSA) is 65.0 Å². The van der Waals surface area contributed by atoms with Gasteiger partial charge in [0.15, 0.2) is 5.84 Å². The molecule has 0 atom stereocenters. The average molecular weight is 301 g/mol. The van der Waals surface area contributed by atoms with E-state index in [1.165, 1.54) is 0 Å². The Bertz CT molecular complexity index is 649. The number of benzene rings is 1. The number of methoxy groups -OCH3 is 3. The van der Waals surface area contributed by atoms with Crippen molar-refractivity contribution in [1.29, 1.82) is 0 Å². The molecule has 0 unspecified atom stereocenters. The Labute approximate surface area is 129 Å². The smallest absolute Gasteiger partial charge is 0.213 e. The first-order valence-corrected chi connectivity index (χ1v) is 6.69. The van der Waals surface area contributed by atoms with Gasteiger partial charge in [0.2, 0.25) is 5.88 Å². The molecule has 2 rings (SSSR count). The van der Waals surface area contributed by atoms with Crippen LogP contribution in [0.1, 0.15) is 5.69 Å². The number of aromatic nitrogens is 1. The molecule has 0 fully saturated rings. The van der Waals surface area contributed by atoms with Gasteiger partial charge < -0.3 is 19.5 Å². The summed E-state index contributed by atoms with van der Waals surface area (Å²) in [6, 6.07) is 11.0. The number of pyridine rings is 1. The lowest BCUT2D eigenvalue weighted by Crippen LogP contribution is -2.16. The fraction of sp³-hybridized carbons (Fsp3) is 0.250. The molecule has 1 aromatic heterocycles. The minimum absolute atomic E-state index is 0.521. The van der Waals surface area contributed by atoms with Crippen molar-refractivity contribution in [3.63, 3.8) is 0 Å². The van der Waals surface area contributed by atoms with E-state index in [-0.39, 0.29) is 0 Å². The van der Waals surface area contributed by atoms with Gasteiger partial charge in [-0.3, -0.25) is 4.99 Å². The fourth-order valence-electron chi connectivity index (χ4n) is 1.99. The van der Waals surface area contributed by atoms with Crippen LogP contribution in [0.5, 0.6) is 17.4 Å². The van der Waals surface area contributed by atoms with Gasteiger partial charge in [0, 0.05) is 13.1 Å². The molecule has 0 aliphatic rings. The zero-order valence-electron chi connectivity index (χ0n) is 13.1. The predicted octanol–water partition coefficient (Wildman–Crippen LogP) is 2.60. The molecule has 0 saturated heterocycles. The van der Waals surface area contributed by atoms with E-state index in [0.717, 1.165) is 0 Å². The molecule has 1 N–H and O–H groups in total. The summed E-state index contributed by atoms with van der Waals surface area (Å²) in [4.78, 5) is 8.63. The van der Waals surface area contributed by atoms with Gasteiger partial charge in [-0.2, -0.15) is 0 Å². The van der Waals surface area contributed by atoms with E-state index < -0.39 is 0 Å². The van der Waals surface area contributed by atoms with E-state index >= 15 is 0 Å². The summed E-state index contributed by atoms with van der Waals surface area (Å²) in [5, 5.41) is 3.22. The molecule has 6 heteroatoms. The van der Waals surface area contributed by atoms with Crippen molar-refractivity contribution in [3.05, 3.63) is 42.1 Å². The first-order chi connectivity index (χ1) is 10.7. The first-order valence-electron chi connectivity index (χ1n) is 6.69. The monoisotopic (exact) mass is 301 g/mol. The number of para-hydroxylation sites is 1. The summed E-state index contributed by atoms with van der Waals surface area (Å²) >= 11 is 0. The van der Waals surface area contributed by atoms with E-state index in [1.807, 2.05) is 30.3 Å². The highest BCUT2D eigenvalue weighted by molar-refractivity contribution is 6.08. The van der Waals surface area contributed by atoms with Crippen molar-refractivity contribution in [3.8, 4) is 17.4 Å². The molecule has 1 aromatic carbocycles. The van der Waals surface area contributed by atoms with Crippen LogP contribution in [0.2, 0.25) is 0 Å². The van der Waals surface area contributed by atoms with Gasteiger partial charge >= 0.3 is 0 Å². The highest BCUT2D eigenvalue weighted by Gasteiger charge is 2.14. The van der Waals surface area contributed by atoms with Gasteiger partial charge in [-0.05, 0) is 18.2 Å². The van der Waals surface area contributed by atoms with E-state index in [1.54, 1.807) is 34.4 Å². The SMILES string of the molecule is CN=C(Nc1c(OC)cccc1OC)c1cccc(OC)n1. The Morgan fingerprint density at radius 1 is 0.955 bits per heavy atom. The Morgan fingerprint density at radius 3 is 2.14 bits per heavy atom. The second kappa shape index (κ2) is 7.31. The van der Waals surface area contributed by atoms with Crippen molar-refractivity contribution >= 4 is 11.5 Å². The Kier molecular flexibility index (Phi) is 5.19. The number of ether oxygens (including phenoxy) is 3. The zero-order valence-corrected chi connectivity index (χ0v) is 13.1. The third-order valence-corrected chi connectivity index (χ3v) is 3.07. The predicted molar refractivity (Wildman–Crippen MR) is 86.4 cm³/mol. The highest BCUT2D eigenvalue weighted by Crippen LogP contribution is 2.34. The van der Waals surface area contributed by atoms with Gasteiger partial charge in [0.1, 0.15) is 22.9 Å². The average Bonchev–Trinajstić information content (AvgIpc) is 2.59. The zero-order chi connectivity index (χ0) is 15.9. The van der Waals surface area contributed by atoms with Crippen LogP contribution >= 0.6 is 0 Å². The minimum atomic E-state index is 0.521. The van der Waals surface area contributed by atoms with Crippen LogP contribution in [-0.4, -0.2) is 39.2 Å². The summed E-state index contributed by atoms with van der Waals surface area (Å²) in [7, 11) is 6.47. The number of nitrogens with one attached hydrogen (secondary N) is 1. The largest absolute Gasteiger partial charge is 0.494 e. The molecule has 116 valence electrons. The summed E-state index contributed by atoms with van der Waals surface area (Å²) in [6.07, 6.45) is 0. The lowest BCUT2D eigenvalue weighted by atomic mass is 10.2. The molecule has 0 amide bonds. The molecular weight excluding hydrogens is 282 g/mol. The minimum Gasteiger partial charge on any atom is -0.494 e. The molecule has 0 radical (unpaired) electrons. The lowest BCUT2D eigenvalue weighted by molar-refractivity contribution is 0.397. The Balaban J connectivity index is 2.39. The molecule has 0 aliphatic heterocycles. The van der Waals surface area contributed by atoms with E-state index in [9.17, 15) is 0 Å². The van der Waals surface area contributed by atoms with Crippen LogP contribution in [0.4, 0.5) is 5.69 Å². The number of nitrogens with zero attached hydrogens (tertiary/aromatic N) is 2. The maximum atomic E-state index is 5.37. The standard InChI is InChI=1S/C16H19N3O3/c1-17-16(11-7-5-10-14(18-11)22-4)19-15-12(20-2)8-6-9-13(15)21-3/h5-10H,1-4H3,(H,17,19). The number of anilines is 1. The van der Waals surface area contributed by atoms with Gasteiger partial charge in [0.05, 0.1) is 21.3 Å². The van der Waals surface area contributed by atoms with Gasteiger partial charge in [0.25, 0.3) is 0 Å². The first kappa shape index (κ1) is 15.6. The van der Waals surface area contributed by atoms with Crippen molar-refractivity contribution in [2.45, 2.75) is 0 Å². The molecule has 0 spiro atoms. The quantitative estimate of drug-likeness (QED) is 0.679. The van der Waals surface area contributed by atoms with Gasteiger partial charge in [-0.25, -0.2) is 4.98 Å². The number of amidine groups is 1. The molecule has 0 bridgehead atoms. The molecule has 2 aromatic rings. The van der Waals surface area contributed by atoms with Gasteiger partial charge in [-0.15, -0.1) is 0 Å². The maximum absolute atomic E-state index is 5.37. The molecule has 0 aliphatic carbocycles. The van der Waals surface area contributed by atoms with Crippen LogP contribution in [-0.2, 0) is 0 Å². The molecular formula is C16H19N3O3. The number of rotatable bonds is 5. The van der Waals surface area contributed by atoms with Crippen LogP contribution in [0, 0.1) is 0 Å². The fourth-order valence-corrected chi connectivity index (χ4v) is 1.99. The molecule has 6 nitrogen and oxygen atoms in total. The van der Waals surface area contributed by atoms with Crippen LogP contribution in [0.15, 0.2) is 41.4 Å². The molecule has 0 saturated carbocycles. The molecule has 22 heavy (non-hydrogen) atoms. The normalized spacial score (nSPS) is 11.0. The van der Waals surface area contributed by atoms with Crippen molar-refractivity contribution in [1.82, 2.24) is 4.98 Å². The van der Waals surface area contributed by atoms with Crippen molar-refractivity contribution in [2.24, 2.45) is 4.99 Å². The van der Waals surface area contributed by atoms with Gasteiger partial charge in [-0.1, -0.05) is 12.1 Å². The Hall–Kier alpha value is -2.76. The van der Waals surface area contributed by atoms with Crippen LogP contribution < -0.4 is 19.5 Å². The lowest BCUT2D eigenvalue weighted by Gasteiger charge is -2.16. The van der Waals surface area contributed by atoms with Crippen molar-refractivity contribution in [2.75, 3.05) is 33.7 Å². The third kappa shape index (κ3) is 3.28. The number of hydrogen-bond donors (Lipinski definition) is 1. The Morgan fingerprint density at radius 2 is 1.59 bits per heavy atom. The maximum Gasteiger partial charge on any atom is 0.213 e. The number of aliphatic imine (C=N–C) groups is 1. The van der Waals surface area contributed by atoms with E-state index in [2.05, 4.69) is 15.3 Å². The second-order valence-electron chi connectivity index (χ2n) is 4.30. The van der Waals surface area contributed by atoms with Crippen LogP contribution in [0.25, 0.3) is 0 Å². The van der Waals surface area contributed by atoms with E-state index in [0.29, 0.717) is 34.6 Å². The second-order valence-corrected chi connectivity index (χ2v) is 4.30. The highest BCUT2D eigenvalue weighted by atomic mass is 16.5. The molecule has 1 heterocycles. The summed E-state index contributed by atoms with van der Waals surface area (Å²) in [5.41, 5.74) is 1.35. The number of hydrogen-bond acceptors (Lipinski definition) is 5. The van der Waals surface area contributed by atoms with Crippen molar-refractivity contribution < 1.29 is 14.2 Å². The third-order valence-electron chi connectivity index (χ3n) is 3.07. The van der Waals surface area contributed by atoms with E-state index in [4.69, 9.17) is 14.2 Å².